The van der Waals surface area contributed by atoms with Gasteiger partial charge in [0, 0.05) is 47.5 Å². The molecule has 3 heterocycles. The van der Waals surface area contributed by atoms with Crippen LogP contribution in [0, 0.1) is 11.7 Å². The van der Waals surface area contributed by atoms with Gasteiger partial charge in [-0.2, -0.15) is 0 Å². The molecule has 0 saturated carbocycles. The monoisotopic (exact) mass is 448 g/mol. The van der Waals surface area contributed by atoms with Crippen molar-refractivity contribution in [2.45, 2.75) is 12.5 Å². The van der Waals surface area contributed by atoms with Gasteiger partial charge >= 0.3 is 6.09 Å². The van der Waals surface area contributed by atoms with Gasteiger partial charge in [-0.15, -0.1) is 0 Å². The molecule has 2 fully saturated rings. The molecule has 7 nitrogen and oxygen atoms in total. The van der Waals surface area contributed by atoms with Crippen LogP contribution in [-0.4, -0.2) is 48.4 Å². The second kappa shape index (κ2) is 8.71. The van der Waals surface area contributed by atoms with Gasteiger partial charge in [-0.25, -0.2) is 14.2 Å². The van der Waals surface area contributed by atoms with Crippen LogP contribution in [0.3, 0.4) is 0 Å². The van der Waals surface area contributed by atoms with Crippen molar-refractivity contribution in [3.63, 3.8) is 0 Å². The highest BCUT2D eigenvalue weighted by Gasteiger charge is 2.34. The van der Waals surface area contributed by atoms with Crippen molar-refractivity contribution < 1.29 is 18.7 Å². The molecular formula is C25H25FN4O3. The third kappa shape index (κ3) is 4.47. The summed E-state index contributed by atoms with van der Waals surface area (Å²) in [6.07, 6.45) is 1.90. The van der Waals surface area contributed by atoms with Gasteiger partial charge in [0.15, 0.2) is 0 Å². The van der Waals surface area contributed by atoms with Gasteiger partial charge in [0.05, 0.1) is 19.8 Å². The van der Waals surface area contributed by atoms with Gasteiger partial charge in [-0.3, -0.25) is 0 Å². The van der Waals surface area contributed by atoms with Crippen LogP contribution >= 0.6 is 0 Å². The van der Waals surface area contributed by atoms with E-state index < -0.39 is 5.82 Å². The topological polar surface area (TPSA) is 104 Å². The number of hydrogen-bond acceptors (Lipinski definition) is 6. The molecular weight excluding hydrogens is 423 g/mol. The van der Waals surface area contributed by atoms with Crippen LogP contribution in [0.1, 0.15) is 5.56 Å². The molecule has 2 aliphatic rings. The van der Waals surface area contributed by atoms with Gasteiger partial charge in [-0.1, -0.05) is 24.3 Å². The van der Waals surface area contributed by atoms with E-state index in [9.17, 15) is 9.18 Å². The number of carbonyl (C=O) groups excluding carboxylic acids is 1. The van der Waals surface area contributed by atoms with E-state index in [2.05, 4.69) is 4.98 Å². The predicted molar refractivity (Wildman–Crippen MR) is 124 cm³/mol. The van der Waals surface area contributed by atoms with Crippen molar-refractivity contribution in [3.8, 4) is 22.3 Å². The minimum absolute atomic E-state index is 0.164. The average molecular weight is 448 g/mol. The first kappa shape index (κ1) is 21.2. The van der Waals surface area contributed by atoms with Gasteiger partial charge in [-0.05, 0) is 35.4 Å². The summed E-state index contributed by atoms with van der Waals surface area (Å²) in [5.74, 6) is 0.219. The SMILES string of the molecule is Nc1ccc(-c2cc(-c3ccc(C[C@@H]4CN(CC5COC5)C(=O)O4)cc3)cnc2N)c(F)c1. The van der Waals surface area contributed by atoms with E-state index in [1.807, 2.05) is 30.3 Å². The summed E-state index contributed by atoms with van der Waals surface area (Å²) in [5, 5.41) is 0. The molecule has 5 rings (SSSR count). The van der Waals surface area contributed by atoms with Crippen molar-refractivity contribution in [3.05, 3.63) is 66.1 Å². The van der Waals surface area contributed by atoms with E-state index in [-0.39, 0.29) is 18.0 Å². The van der Waals surface area contributed by atoms with E-state index in [0.717, 1.165) is 16.7 Å². The maximum atomic E-state index is 14.4. The van der Waals surface area contributed by atoms with E-state index in [0.29, 0.717) is 55.5 Å². The van der Waals surface area contributed by atoms with Crippen molar-refractivity contribution in [2.75, 3.05) is 37.8 Å². The quantitative estimate of drug-likeness (QED) is 0.557. The Morgan fingerprint density at radius 2 is 1.82 bits per heavy atom. The molecule has 3 aromatic rings. The van der Waals surface area contributed by atoms with Crippen LogP contribution in [-0.2, 0) is 15.9 Å². The highest BCUT2D eigenvalue weighted by molar-refractivity contribution is 5.80. The fraction of sp³-hybridized carbons (Fsp3) is 0.280. The molecule has 8 heteroatoms. The van der Waals surface area contributed by atoms with Gasteiger partial charge in [0.2, 0.25) is 0 Å². The number of halogens is 1. The van der Waals surface area contributed by atoms with Gasteiger partial charge < -0.3 is 25.8 Å². The minimum Gasteiger partial charge on any atom is -0.444 e. The Labute approximate surface area is 191 Å². The molecule has 0 aliphatic carbocycles. The predicted octanol–water partition coefficient (Wildman–Crippen LogP) is 3.73. The summed E-state index contributed by atoms with van der Waals surface area (Å²) in [6, 6.07) is 14.3. The smallest absolute Gasteiger partial charge is 0.410 e. The first-order valence-electron chi connectivity index (χ1n) is 10.9. The summed E-state index contributed by atoms with van der Waals surface area (Å²) in [4.78, 5) is 18.1. The number of nitrogens with two attached hydrogens (primary N) is 2. The number of carbonyl (C=O) groups is 1. The second-order valence-corrected chi connectivity index (χ2v) is 8.61. The van der Waals surface area contributed by atoms with Crippen molar-refractivity contribution >= 4 is 17.6 Å². The Morgan fingerprint density at radius 1 is 1.03 bits per heavy atom. The lowest BCUT2D eigenvalue weighted by Gasteiger charge is -2.28. The summed E-state index contributed by atoms with van der Waals surface area (Å²) in [6.45, 7) is 2.70. The number of hydrogen-bond donors (Lipinski definition) is 2. The van der Waals surface area contributed by atoms with Gasteiger partial charge in [0.25, 0.3) is 0 Å². The highest BCUT2D eigenvalue weighted by atomic mass is 19.1. The van der Waals surface area contributed by atoms with E-state index in [4.69, 9.17) is 20.9 Å². The van der Waals surface area contributed by atoms with Crippen LogP contribution < -0.4 is 11.5 Å². The summed E-state index contributed by atoms with van der Waals surface area (Å²) in [7, 11) is 0. The van der Waals surface area contributed by atoms with Crippen LogP contribution in [0.2, 0.25) is 0 Å². The standard InChI is InChI=1S/C25H25FN4O3/c26-23-9-19(27)5-6-21(23)22-8-18(10-29-24(22)28)17-3-1-15(2-4-17)7-20-12-30(25(31)33-20)11-16-13-32-14-16/h1-6,8-10,16,20H,7,11-14,27H2,(H2,28,29)/t20-/m1/s1. The fourth-order valence-corrected chi connectivity index (χ4v) is 4.23. The zero-order valence-corrected chi connectivity index (χ0v) is 18.0. The molecule has 2 aliphatic heterocycles. The van der Waals surface area contributed by atoms with E-state index >= 15 is 0 Å². The maximum absolute atomic E-state index is 14.4. The number of aromatic nitrogens is 1. The molecule has 0 bridgehead atoms. The molecule has 0 radical (unpaired) electrons. The molecule has 2 saturated heterocycles. The first-order chi connectivity index (χ1) is 16.0. The molecule has 33 heavy (non-hydrogen) atoms. The Kier molecular flexibility index (Phi) is 5.60. The fourth-order valence-electron chi connectivity index (χ4n) is 4.23. The van der Waals surface area contributed by atoms with Crippen LogP contribution in [0.15, 0.2) is 54.7 Å². The number of rotatable bonds is 6. The molecule has 1 aromatic heterocycles. The molecule has 170 valence electrons. The number of pyridine rings is 1. The van der Waals surface area contributed by atoms with Crippen LogP contribution in [0.5, 0.6) is 0 Å². The van der Waals surface area contributed by atoms with Crippen LogP contribution in [0.4, 0.5) is 20.7 Å². The zero-order chi connectivity index (χ0) is 22.9. The summed E-state index contributed by atoms with van der Waals surface area (Å²) < 4.78 is 25.2. The number of nitrogens with zero attached hydrogens (tertiary/aromatic N) is 2. The van der Waals surface area contributed by atoms with Gasteiger partial charge in [0.1, 0.15) is 17.7 Å². The first-order valence-corrected chi connectivity index (χ1v) is 10.9. The highest BCUT2D eigenvalue weighted by Crippen LogP contribution is 2.32. The number of amides is 1. The Morgan fingerprint density at radius 3 is 2.52 bits per heavy atom. The lowest BCUT2D eigenvalue weighted by molar-refractivity contribution is -0.0406. The zero-order valence-electron chi connectivity index (χ0n) is 18.0. The minimum atomic E-state index is -0.444. The molecule has 0 spiro atoms. The number of nitrogen functional groups attached to an aromatic ring is 2. The third-order valence-electron chi connectivity index (χ3n) is 6.09. The molecule has 4 N–H and O–H groups in total. The lowest BCUT2D eigenvalue weighted by atomic mass is 9.98. The largest absolute Gasteiger partial charge is 0.444 e. The van der Waals surface area contributed by atoms with Crippen molar-refractivity contribution in [1.82, 2.24) is 9.88 Å². The van der Waals surface area contributed by atoms with Crippen molar-refractivity contribution in [1.29, 1.82) is 0 Å². The molecule has 2 aromatic carbocycles. The van der Waals surface area contributed by atoms with Crippen LogP contribution in [0.25, 0.3) is 22.3 Å². The Bertz CT molecular complexity index is 1180. The Balaban J connectivity index is 1.29. The maximum Gasteiger partial charge on any atom is 0.410 e. The number of cyclic esters (lactones) is 1. The summed E-state index contributed by atoms with van der Waals surface area (Å²) in [5.41, 5.74) is 15.7. The molecule has 0 unspecified atom stereocenters. The molecule has 1 atom stereocenters. The summed E-state index contributed by atoms with van der Waals surface area (Å²) >= 11 is 0. The third-order valence-corrected chi connectivity index (χ3v) is 6.09. The Hall–Kier alpha value is -3.65. The lowest BCUT2D eigenvalue weighted by Crippen LogP contribution is -2.40. The molecule has 1 amide bonds. The average Bonchev–Trinajstić information content (AvgIpc) is 3.11. The van der Waals surface area contributed by atoms with E-state index in [1.54, 1.807) is 23.2 Å². The van der Waals surface area contributed by atoms with E-state index in [1.165, 1.54) is 6.07 Å². The normalized spacial score (nSPS) is 18.3. The number of anilines is 2. The van der Waals surface area contributed by atoms with Crippen molar-refractivity contribution in [2.24, 2.45) is 5.92 Å². The second-order valence-electron chi connectivity index (χ2n) is 8.61. The number of ether oxygens (including phenoxy) is 2. The number of benzene rings is 2.